The van der Waals surface area contributed by atoms with Gasteiger partial charge in [-0.2, -0.15) is 0 Å². The number of rotatable bonds is 0. The summed E-state index contributed by atoms with van der Waals surface area (Å²) in [7, 11) is 0. The quantitative estimate of drug-likeness (QED) is 0.296. The molecule has 0 atom stereocenters. The van der Waals surface area contributed by atoms with Crippen molar-refractivity contribution in [2.24, 2.45) is 0 Å². The summed E-state index contributed by atoms with van der Waals surface area (Å²) in [4.78, 5) is 0. The van der Waals surface area contributed by atoms with Crippen LogP contribution < -0.4 is 0 Å². The zero-order valence-corrected chi connectivity index (χ0v) is 12.6. The van der Waals surface area contributed by atoms with Gasteiger partial charge in [-0.05, 0) is 50.0 Å². The van der Waals surface area contributed by atoms with Gasteiger partial charge in [-0.25, -0.2) is 0 Å². The van der Waals surface area contributed by atoms with Crippen molar-refractivity contribution in [3.05, 3.63) is 65.7 Å². The zero-order chi connectivity index (χ0) is 16.7. The lowest BCUT2D eigenvalue weighted by molar-refractivity contribution is -0.342. The van der Waals surface area contributed by atoms with Gasteiger partial charge >= 0.3 is 0 Å². The van der Waals surface area contributed by atoms with E-state index in [0.717, 1.165) is 33.0 Å². The predicted molar refractivity (Wildman–Crippen MR) is 92.5 cm³/mol. The van der Waals surface area contributed by atoms with Gasteiger partial charge in [-0.15, -0.1) is 0 Å². The minimum Gasteiger partial charge on any atom is -0.358 e. The highest BCUT2D eigenvalue weighted by molar-refractivity contribution is 6.24. The van der Waals surface area contributed by atoms with Crippen molar-refractivity contribution in [2.75, 3.05) is 0 Å². The van der Waals surface area contributed by atoms with Crippen LogP contribution in [0, 0.1) is 0 Å². The predicted octanol–water partition coefficient (Wildman–Crippen LogP) is 2.43. The van der Waals surface area contributed by atoms with Gasteiger partial charge in [-0.3, -0.25) is 0 Å². The molecule has 5 rings (SSSR count). The molecule has 4 aromatic carbocycles. The molecule has 0 aliphatic heterocycles. The number of hydrogen-bond donors (Lipinski definition) is 4. The third-order valence-corrected chi connectivity index (χ3v) is 5.03. The highest BCUT2D eigenvalue weighted by atomic mass is 16.6. The van der Waals surface area contributed by atoms with Crippen LogP contribution in [-0.4, -0.2) is 26.2 Å². The summed E-state index contributed by atoms with van der Waals surface area (Å²) in [6.07, 6.45) is 2.50. The monoisotopic (exact) mass is 318 g/mol. The van der Waals surface area contributed by atoms with Crippen molar-refractivity contribution >= 4 is 38.4 Å². The molecule has 0 amide bonds. The highest BCUT2D eigenvalue weighted by Crippen LogP contribution is 2.45. The van der Waals surface area contributed by atoms with Gasteiger partial charge in [-0.1, -0.05) is 48.5 Å². The summed E-state index contributed by atoms with van der Waals surface area (Å²) < 4.78 is 0. The van der Waals surface area contributed by atoms with Crippen molar-refractivity contribution in [1.82, 2.24) is 0 Å². The molecule has 4 heteroatoms. The molecule has 0 saturated heterocycles. The molecular formula is C20H14O4. The van der Waals surface area contributed by atoms with Gasteiger partial charge in [0.15, 0.2) is 0 Å². The highest BCUT2D eigenvalue weighted by Gasteiger charge is 2.51. The van der Waals surface area contributed by atoms with Gasteiger partial charge in [0.25, 0.3) is 5.79 Å². The Morgan fingerprint density at radius 1 is 0.708 bits per heavy atom. The Hall–Kier alpha value is -2.50. The number of benzene rings is 4. The van der Waals surface area contributed by atoms with Gasteiger partial charge < -0.3 is 20.4 Å². The number of fused-ring (bicyclic) bond motifs is 2. The van der Waals surface area contributed by atoms with E-state index in [1.54, 1.807) is 6.07 Å². The summed E-state index contributed by atoms with van der Waals surface area (Å²) in [5.41, 5.74) is 0.672. The van der Waals surface area contributed by atoms with Gasteiger partial charge in [0, 0.05) is 5.56 Å². The largest absolute Gasteiger partial charge is 0.358 e. The minimum atomic E-state index is -2.79. The molecule has 0 aromatic heterocycles. The molecule has 0 fully saturated rings. The van der Waals surface area contributed by atoms with E-state index in [-0.39, 0.29) is 5.56 Å². The van der Waals surface area contributed by atoms with E-state index < -0.39 is 11.6 Å². The van der Waals surface area contributed by atoms with Crippen LogP contribution in [0.25, 0.3) is 38.4 Å². The summed E-state index contributed by atoms with van der Waals surface area (Å²) in [5, 5.41) is 46.6. The van der Waals surface area contributed by atoms with E-state index in [0.29, 0.717) is 10.9 Å². The van der Waals surface area contributed by atoms with Gasteiger partial charge in [0.1, 0.15) is 0 Å². The maximum Gasteiger partial charge on any atom is 0.251 e. The topological polar surface area (TPSA) is 80.9 Å². The number of hydrogen-bond acceptors (Lipinski definition) is 4. The van der Waals surface area contributed by atoms with Crippen molar-refractivity contribution in [3.63, 3.8) is 0 Å². The SMILES string of the molecule is OC1(O)C=Cc2cc3ccc4cccc5ccc(c2C1(O)O)c3c45. The first-order valence-corrected chi connectivity index (χ1v) is 7.70. The Labute approximate surface area is 136 Å². The molecule has 24 heavy (non-hydrogen) atoms. The zero-order valence-electron chi connectivity index (χ0n) is 12.6. The Kier molecular flexibility index (Phi) is 2.39. The first-order chi connectivity index (χ1) is 11.4. The van der Waals surface area contributed by atoms with E-state index in [1.807, 2.05) is 42.5 Å². The first-order valence-electron chi connectivity index (χ1n) is 7.70. The maximum atomic E-state index is 10.5. The molecule has 1 aliphatic rings. The molecule has 0 bridgehead atoms. The van der Waals surface area contributed by atoms with E-state index in [9.17, 15) is 20.4 Å². The summed E-state index contributed by atoms with van der Waals surface area (Å²) in [6, 6.07) is 15.6. The minimum absolute atomic E-state index is 0.112. The molecule has 4 nitrogen and oxygen atoms in total. The van der Waals surface area contributed by atoms with Gasteiger partial charge in [0.05, 0.1) is 0 Å². The second-order valence-corrected chi connectivity index (χ2v) is 6.43. The standard InChI is InChI=1S/C20H14O4/c21-19(22)9-8-14-10-13-5-4-11-2-1-3-12-6-7-15(17(13)16(11)12)18(14)20(19,23)24/h1-10,21-24H. The lowest BCUT2D eigenvalue weighted by atomic mass is 9.81. The second-order valence-electron chi connectivity index (χ2n) is 6.43. The normalized spacial score (nSPS) is 18.5. The van der Waals surface area contributed by atoms with E-state index in [2.05, 4.69) is 0 Å². The Balaban J connectivity index is 2.07. The van der Waals surface area contributed by atoms with E-state index >= 15 is 0 Å². The maximum absolute atomic E-state index is 10.5. The van der Waals surface area contributed by atoms with Crippen LogP contribution in [0.1, 0.15) is 11.1 Å². The molecule has 1 aliphatic carbocycles. The van der Waals surface area contributed by atoms with Crippen LogP contribution in [0.2, 0.25) is 0 Å². The Bertz CT molecular complexity index is 1140. The molecule has 4 aromatic rings. The molecule has 0 heterocycles. The fraction of sp³-hybridized carbons (Fsp3) is 0.100. The Morgan fingerprint density at radius 2 is 1.38 bits per heavy atom. The molecule has 0 saturated carbocycles. The molecule has 0 spiro atoms. The molecule has 4 N–H and O–H groups in total. The smallest absolute Gasteiger partial charge is 0.251 e. The third kappa shape index (κ3) is 1.51. The van der Waals surface area contributed by atoms with Gasteiger partial charge in [0.2, 0.25) is 5.79 Å². The van der Waals surface area contributed by atoms with Crippen LogP contribution in [-0.2, 0) is 5.79 Å². The summed E-state index contributed by atoms with van der Waals surface area (Å²) in [6.45, 7) is 0. The summed E-state index contributed by atoms with van der Waals surface area (Å²) >= 11 is 0. The summed E-state index contributed by atoms with van der Waals surface area (Å²) in [5.74, 6) is -5.54. The molecule has 0 radical (unpaired) electrons. The fourth-order valence-electron chi connectivity index (χ4n) is 3.86. The van der Waals surface area contributed by atoms with Crippen molar-refractivity contribution < 1.29 is 20.4 Å². The Morgan fingerprint density at radius 3 is 2.12 bits per heavy atom. The second kappa shape index (κ2) is 4.12. The molecule has 118 valence electrons. The average molecular weight is 318 g/mol. The van der Waals surface area contributed by atoms with Crippen molar-refractivity contribution in [3.8, 4) is 0 Å². The van der Waals surface area contributed by atoms with Crippen LogP contribution >= 0.6 is 0 Å². The lowest BCUT2D eigenvalue weighted by Gasteiger charge is -2.37. The van der Waals surface area contributed by atoms with E-state index in [1.165, 1.54) is 6.08 Å². The lowest BCUT2D eigenvalue weighted by Crippen LogP contribution is -2.52. The van der Waals surface area contributed by atoms with E-state index in [4.69, 9.17) is 0 Å². The van der Waals surface area contributed by atoms with Crippen LogP contribution in [0.3, 0.4) is 0 Å². The van der Waals surface area contributed by atoms with Crippen LogP contribution in [0.15, 0.2) is 54.6 Å². The molecular weight excluding hydrogens is 304 g/mol. The number of aliphatic hydroxyl groups is 4. The average Bonchev–Trinajstić information content (AvgIpc) is 2.56. The van der Waals surface area contributed by atoms with Crippen molar-refractivity contribution in [2.45, 2.75) is 11.6 Å². The first kappa shape index (κ1) is 13.9. The molecule has 0 unspecified atom stereocenters. The van der Waals surface area contributed by atoms with Crippen LogP contribution in [0.5, 0.6) is 0 Å². The van der Waals surface area contributed by atoms with Crippen LogP contribution in [0.4, 0.5) is 0 Å². The van der Waals surface area contributed by atoms with Crippen molar-refractivity contribution in [1.29, 1.82) is 0 Å². The third-order valence-electron chi connectivity index (χ3n) is 5.03. The fourth-order valence-corrected chi connectivity index (χ4v) is 3.86.